The number of hydrogen-bond donors (Lipinski definition) is 3. The van der Waals surface area contributed by atoms with E-state index in [0.717, 1.165) is 24.2 Å². The normalized spacial score (nSPS) is 11.3. The minimum atomic E-state index is -3.81. The number of aromatic nitrogens is 1. The minimum absolute atomic E-state index is 0.0757. The van der Waals surface area contributed by atoms with Crippen molar-refractivity contribution in [3.63, 3.8) is 0 Å². The van der Waals surface area contributed by atoms with Crippen molar-refractivity contribution >= 4 is 38.3 Å². The third-order valence-electron chi connectivity index (χ3n) is 4.46. The number of unbranched alkanes of at least 4 members (excludes halogenated alkanes) is 6. The highest BCUT2D eigenvalue weighted by Crippen LogP contribution is 2.19. The molecule has 1 aromatic carbocycles. The molecule has 164 valence electrons. The molecule has 1 aromatic heterocycles. The largest absolute Gasteiger partial charge is 0.351 e. The van der Waals surface area contributed by atoms with E-state index < -0.39 is 15.9 Å². The van der Waals surface area contributed by atoms with Crippen molar-refractivity contribution < 1.29 is 18.0 Å². The van der Waals surface area contributed by atoms with Crippen LogP contribution in [0, 0.1) is 0 Å². The number of nitrogens with two attached hydrogens (primary N) is 1. The van der Waals surface area contributed by atoms with Crippen molar-refractivity contribution in [2.24, 2.45) is 5.14 Å². The van der Waals surface area contributed by atoms with Crippen LogP contribution in [0.4, 0.5) is 5.13 Å². The topological polar surface area (TPSA) is 131 Å². The Labute approximate surface area is 181 Å². The zero-order valence-electron chi connectivity index (χ0n) is 17.0. The lowest BCUT2D eigenvalue weighted by molar-refractivity contribution is 0.0955. The van der Waals surface area contributed by atoms with Gasteiger partial charge < -0.3 is 5.32 Å². The van der Waals surface area contributed by atoms with E-state index in [1.807, 2.05) is 0 Å². The van der Waals surface area contributed by atoms with Gasteiger partial charge in [-0.25, -0.2) is 18.5 Å². The molecule has 0 bridgehead atoms. The fourth-order valence-corrected chi connectivity index (χ4v) is 4.02. The summed E-state index contributed by atoms with van der Waals surface area (Å²) in [5, 5.41) is 10.8. The lowest BCUT2D eigenvalue weighted by Crippen LogP contribution is -2.23. The van der Waals surface area contributed by atoms with E-state index in [9.17, 15) is 18.0 Å². The van der Waals surface area contributed by atoms with E-state index in [0.29, 0.717) is 11.4 Å². The highest BCUT2D eigenvalue weighted by atomic mass is 32.2. The molecule has 0 saturated carbocycles. The summed E-state index contributed by atoms with van der Waals surface area (Å²) in [5.74, 6) is -0.670. The fraction of sp³-hybridized carbons (Fsp3) is 0.450. The summed E-state index contributed by atoms with van der Waals surface area (Å²) >= 11 is 1.08. The maximum Gasteiger partial charge on any atom is 0.263 e. The van der Waals surface area contributed by atoms with Crippen molar-refractivity contribution in [3.8, 4) is 0 Å². The second kappa shape index (κ2) is 11.8. The molecule has 30 heavy (non-hydrogen) atoms. The number of thiazole rings is 1. The summed E-state index contributed by atoms with van der Waals surface area (Å²) in [6.07, 6.45) is 9.67. The first kappa shape index (κ1) is 24.0. The van der Waals surface area contributed by atoms with Crippen LogP contribution in [0.3, 0.4) is 0 Å². The first-order valence-corrected chi connectivity index (χ1v) is 12.4. The van der Waals surface area contributed by atoms with Gasteiger partial charge in [0.05, 0.1) is 11.1 Å². The summed E-state index contributed by atoms with van der Waals surface area (Å²) in [5.41, 5.74) is 0.252. The van der Waals surface area contributed by atoms with Gasteiger partial charge in [0.25, 0.3) is 11.8 Å². The van der Waals surface area contributed by atoms with Crippen LogP contribution in [-0.4, -0.2) is 31.8 Å². The zero-order chi connectivity index (χ0) is 22.0. The second-order valence-electron chi connectivity index (χ2n) is 6.93. The average Bonchev–Trinajstić information content (AvgIpc) is 3.18. The fourth-order valence-electron chi connectivity index (χ4n) is 2.77. The lowest BCUT2D eigenvalue weighted by atomic mass is 10.1. The number of rotatable bonds is 12. The number of primary sulfonamides is 1. The van der Waals surface area contributed by atoms with Crippen LogP contribution in [-0.2, 0) is 10.0 Å². The Morgan fingerprint density at radius 3 is 2.27 bits per heavy atom. The van der Waals surface area contributed by atoms with Crippen molar-refractivity contribution in [2.75, 3.05) is 11.9 Å². The van der Waals surface area contributed by atoms with E-state index in [2.05, 4.69) is 22.5 Å². The van der Waals surface area contributed by atoms with Crippen LogP contribution in [0.1, 0.15) is 71.9 Å². The maximum atomic E-state index is 12.3. The Kier molecular flexibility index (Phi) is 9.41. The molecule has 0 spiro atoms. The standard InChI is InChI=1S/C20H28N4O4S2/c1-2-3-4-5-6-7-8-13-22-19(26)17-14-23-20(29-17)24-18(25)15-9-11-16(12-10-15)30(21,27)28/h9-12,14H,2-8,13H2,1H3,(H,22,26)(H2,21,27,28)(H,23,24,25). The number of sulfonamides is 1. The van der Waals surface area contributed by atoms with E-state index >= 15 is 0 Å². The number of carbonyl (C=O) groups is 2. The van der Waals surface area contributed by atoms with E-state index in [4.69, 9.17) is 5.14 Å². The smallest absolute Gasteiger partial charge is 0.263 e. The quantitative estimate of drug-likeness (QED) is 0.424. The van der Waals surface area contributed by atoms with Crippen LogP contribution in [0.15, 0.2) is 35.4 Å². The van der Waals surface area contributed by atoms with Gasteiger partial charge >= 0.3 is 0 Å². The van der Waals surface area contributed by atoms with Gasteiger partial charge in [-0.15, -0.1) is 0 Å². The van der Waals surface area contributed by atoms with Gasteiger partial charge in [0.1, 0.15) is 4.88 Å². The van der Waals surface area contributed by atoms with E-state index in [-0.39, 0.29) is 21.5 Å². The molecule has 1 heterocycles. The van der Waals surface area contributed by atoms with Gasteiger partial charge in [-0.05, 0) is 30.7 Å². The number of carbonyl (C=O) groups excluding carboxylic acids is 2. The Bertz CT molecular complexity index is 940. The van der Waals surface area contributed by atoms with Gasteiger partial charge in [-0.1, -0.05) is 56.8 Å². The van der Waals surface area contributed by atoms with Crippen molar-refractivity contribution in [3.05, 3.63) is 40.9 Å². The van der Waals surface area contributed by atoms with Gasteiger partial charge in [-0.3, -0.25) is 14.9 Å². The number of hydrogen-bond acceptors (Lipinski definition) is 6. The number of nitrogens with one attached hydrogen (secondary N) is 2. The molecular weight excluding hydrogens is 424 g/mol. The Morgan fingerprint density at radius 2 is 1.63 bits per heavy atom. The maximum absolute atomic E-state index is 12.3. The lowest BCUT2D eigenvalue weighted by Gasteiger charge is -2.04. The summed E-state index contributed by atoms with van der Waals surface area (Å²) < 4.78 is 22.5. The minimum Gasteiger partial charge on any atom is -0.351 e. The predicted octanol–water partition coefficient (Wildman–Crippen LogP) is 3.52. The molecule has 0 fully saturated rings. The first-order valence-electron chi connectivity index (χ1n) is 9.99. The SMILES string of the molecule is CCCCCCCCCNC(=O)c1cnc(NC(=O)c2ccc(S(N)(=O)=O)cc2)s1. The van der Waals surface area contributed by atoms with E-state index in [1.54, 1.807) is 0 Å². The molecule has 0 aliphatic rings. The molecule has 0 atom stereocenters. The molecule has 0 radical (unpaired) electrons. The van der Waals surface area contributed by atoms with E-state index in [1.165, 1.54) is 62.6 Å². The Balaban J connectivity index is 1.77. The highest BCUT2D eigenvalue weighted by molar-refractivity contribution is 7.89. The summed E-state index contributed by atoms with van der Waals surface area (Å²) in [7, 11) is -3.81. The van der Waals surface area contributed by atoms with Gasteiger partial charge in [0.2, 0.25) is 10.0 Å². The molecule has 2 rings (SSSR count). The van der Waals surface area contributed by atoms with Crippen molar-refractivity contribution in [2.45, 2.75) is 56.8 Å². The zero-order valence-corrected chi connectivity index (χ0v) is 18.7. The molecule has 0 aliphatic heterocycles. The van der Waals surface area contributed by atoms with Crippen LogP contribution < -0.4 is 15.8 Å². The van der Waals surface area contributed by atoms with Gasteiger partial charge in [0.15, 0.2) is 5.13 Å². The first-order chi connectivity index (χ1) is 14.3. The molecule has 4 N–H and O–H groups in total. The Hall–Kier alpha value is -2.30. The predicted molar refractivity (Wildman–Crippen MR) is 118 cm³/mol. The monoisotopic (exact) mass is 452 g/mol. The average molecular weight is 453 g/mol. The number of anilines is 1. The Morgan fingerprint density at radius 1 is 1.00 bits per heavy atom. The highest BCUT2D eigenvalue weighted by Gasteiger charge is 2.14. The molecule has 0 saturated heterocycles. The number of benzene rings is 1. The summed E-state index contributed by atoms with van der Waals surface area (Å²) in [6.45, 7) is 2.81. The van der Waals surface area contributed by atoms with Crippen molar-refractivity contribution in [1.29, 1.82) is 0 Å². The van der Waals surface area contributed by atoms with Crippen molar-refractivity contribution in [1.82, 2.24) is 10.3 Å². The molecule has 10 heteroatoms. The molecule has 0 aliphatic carbocycles. The van der Waals surface area contributed by atoms with Crippen LogP contribution in [0.2, 0.25) is 0 Å². The summed E-state index contributed by atoms with van der Waals surface area (Å²) in [4.78, 5) is 28.9. The molecule has 8 nitrogen and oxygen atoms in total. The van der Waals surface area contributed by atoms with Gasteiger partial charge in [0, 0.05) is 12.1 Å². The van der Waals surface area contributed by atoms with Crippen LogP contribution >= 0.6 is 11.3 Å². The van der Waals surface area contributed by atoms with Gasteiger partial charge in [-0.2, -0.15) is 0 Å². The molecule has 2 amide bonds. The molecule has 0 unspecified atom stereocenters. The number of amides is 2. The summed E-state index contributed by atoms with van der Waals surface area (Å²) in [6, 6.07) is 5.24. The molecule has 2 aromatic rings. The molecular formula is C20H28N4O4S2. The third-order valence-corrected chi connectivity index (χ3v) is 6.30. The third kappa shape index (κ3) is 7.85. The number of nitrogens with zero attached hydrogens (tertiary/aromatic N) is 1. The second-order valence-corrected chi connectivity index (χ2v) is 9.52. The van der Waals surface area contributed by atoms with Crippen LogP contribution in [0.5, 0.6) is 0 Å². The van der Waals surface area contributed by atoms with Crippen LogP contribution in [0.25, 0.3) is 0 Å².